The molecule has 0 radical (unpaired) electrons. The van der Waals surface area contributed by atoms with Crippen molar-refractivity contribution in [3.05, 3.63) is 0 Å². The van der Waals surface area contributed by atoms with Gasteiger partial charge in [0.1, 0.15) is 29.8 Å². The average Bonchev–Trinajstić information content (AvgIpc) is 2.98. The molecular weight excluding hydrogens is 380 g/mol. The van der Waals surface area contributed by atoms with E-state index < -0.39 is 48.7 Å². The summed E-state index contributed by atoms with van der Waals surface area (Å²) in [7, 11) is 3.42. The van der Waals surface area contributed by atoms with Crippen molar-refractivity contribution >= 4 is 16.9 Å². The van der Waals surface area contributed by atoms with Gasteiger partial charge in [-0.25, -0.2) is 0 Å². The summed E-state index contributed by atoms with van der Waals surface area (Å²) in [6.07, 6.45) is -11.3. The summed E-state index contributed by atoms with van der Waals surface area (Å²) in [5.74, 6) is 0. The molecule has 0 aromatic heterocycles. The topological polar surface area (TPSA) is 74.5 Å². The number of hydrogen-bond donors (Lipinski definition) is 2. The second-order valence-corrected chi connectivity index (χ2v) is 7.51. The first-order valence-corrected chi connectivity index (χ1v) is 9.22. The number of rotatable bonds is 7. The number of hydrogen-bond acceptors (Lipinski definition) is 7. The second-order valence-electron chi connectivity index (χ2n) is 6.45. The third-order valence-corrected chi connectivity index (χ3v) is 5.47. The van der Waals surface area contributed by atoms with Crippen LogP contribution in [0.3, 0.4) is 0 Å². The third kappa shape index (κ3) is 5.00. The molecule has 2 aliphatic heterocycles. The molecule has 2 rings (SSSR count). The zero-order valence-corrected chi connectivity index (χ0v) is 15.3. The van der Waals surface area contributed by atoms with E-state index in [4.69, 9.17) is 9.47 Å². The van der Waals surface area contributed by atoms with Crippen LogP contribution < -0.4 is 0 Å². The van der Waals surface area contributed by atoms with Crippen molar-refractivity contribution < 1.29 is 37.2 Å². The van der Waals surface area contributed by atoms with Crippen molar-refractivity contribution in [3.63, 3.8) is 0 Å². The van der Waals surface area contributed by atoms with Crippen molar-refractivity contribution in [2.75, 3.05) is 27.4 Å². The molecule has 26 heavy (non-hydrogen) atoms. The lowest BCUT2D eigenvalue weighted by Gasteiger charge is -2.41. The highest BCUT2D eigenvalue weighted by Crippen LogP contribution is 2.40. The fourth-order valence-corrected chi connectivity index (χ4v) is 3.95. The monoisotopic (exact) mass is 404 g/mol. The van der Waals surface area contributed by atoms with Gasteiger partial charge in [-0.3, -0.25) is 9.38 Å². The lowest BCUT2D eigenvalue weighted by Crippen LogP contribution is -2.61. The van der Waals surface area contributed by atoms with Gasteiger partial charge in [0.15, 0.2) is 11.3 Å². The molecule has 11 heteroatoms. The number of ether oxygens (including phenoxy) is 2. The maximum atomic E-state index is 13.4. The number of halogens is 4. The van der Waals surface area contributed by atoms with E-state index in [0.29, 0.717) is 11.6 Å². The van der Waals surface area contributed by atoms with Crippen molar-refractivity contribution in [2.45, 2.75) is 61.3 Å². The summed E-state index contributed by atoms with van der Waals surface area (Å²) in [5, 5.41) is 20.9. The van der Waals surface area contributed by atoms with E-state index in [1.807, 2.05) is 0 Å². The van der Waals surface area contributed by atoms with Crippen LogP contribution in [0.5, 0.6) is 0 Å². The Kier molecular flexibility index (Phi) is 7.54. The van der Waals surface area contributed by atoms with Crippen LogP contribution in [-0.2, 0) is 9.47 Å². The maximum Gasteiger partial charge on any atom is 0.417 e. The summed E-state index contributed by atoms with van der Waals surface area (Å²) >= 11 is 1.09. The molecular formula is C15H24F4N2O4S. The zero-order valence-electron chi connectivity index (χ0n) is 14.5. The highest BCUT2D eigenvalue weighted by atomic mass is 32.2. The van der Waals surface area contributed by atoms with Crippen molar-refractivity contribution in [1.29, 1.82) is 0 Å². The van der Waals surface area contributed by atoms with Crippen LogP contribution in [0.15, 0.2) is 4.99 Å². The zero-order chi connectivity index (χ0) is 19.5. The fraction of sp³-hybridized carbons (Fsp3) is 0.933. The molecule has 152 valence electrons. The molecule has 0 saturated carbocycles. The number of aliphatic hydroxyl groups is 2. The molecule has 0 amide bonds. The van der Waals surface area contributed by atoms with E-state index in [-0.39, 0.29) is 19.4 Å². The van der Waals surface area contributed by atoms with Crippen LogP contribution in [0.1, 0.15) is 19.3 Å². The molecule has 2 heterocycles. The number of nitrogens with zero attached hydrogens (tertiary/aromatic N) is 2. The Hall–Kier alpha value is -0.620. The predicted molar refractivity (Wildman–Crippen MR) is 88.8 cm³/mol. The van der Waals surface area contributed by atoms with Gasteiger partial charge >= 0.3 is 6.18 Å². The molecule has 0 bridgehead atoms. The van der Waals surface area contributed by atoms with Gasteiger partial charge in [0.25, 0.3) is 0 Å². The van der Waals surface area contributed by atoms with E-state index >= 15 is 0 Å². The Labute approximate surface area is 153 Å². The Balaban J connectivity index is 2.06. The van der Waals surface area contributed by atoms with Gasteiger partial charge in [-0.15, -0.1) is 0 Å². The van der Waals surface area contributed by atoms with Crippen LogP contribution in [0, 0.1) is 0 Å². The summed E-state index contributed by atoms with van der Waals surface area (Å²) in [4.78, 5) is 5.86. The lowest BCUT2D eigenvalue weighted by molar-refractivity contribution is -0.284. The maximum absolute atomic E-state index is 13.4. The van der Waals surface area contributed by atoms with Gasteiger partial charge in [0.2, 0.25) is 0 Å². The minimum Gasteiger partial charge on any atom is -0.388 e. The summed E-state index contributed by atoms with van der Waals surface area (Å²) in [5.41, 5.74) is -0.837. The molecule has 2 aliphatic rings. The van der Waals surface area contributed by atoms with Crippen molar-refractivity contribution in [2.24, 2.45) is 4.99 Å². The molecule has 6 nitrogen and oxygen atoms in total. The van der Waals surface area contributed by atoms with E-state index in [0.717, 1.165) is 11.8 Å². The number of amidine groups is 1. The molecule has 0 aliphatic carbocycles. The van der Waals surface area contributed by atoms with Gasteiger partial charge in [0.05, 0.1) is 6.67 Å². The molecule has 2 N–H and O–H groups in total. The standard InChI is InChI=1S/C15H24F4N2O4S/c1-21(2)14-20-8-9(22)10(23)11(25-13(8)26-14)12(15(17,18)19)24-7-5-3-4-6-16/h8-13,22-23H,3-7H2,1-2H3/t8-,9-,10+,11+,12+,13-/m1/s1. The van der Waals surface area contributed by atoms with E-state index in [9.17, 15) is 27.8 Å². The SMILES string of the molecule is CN(C)C1=N[C@@H]2[C@@H](O)[C@H](O)[C@@H]([C@H](OCCCCCF)C(F)(F)F)O[C@@H]2S1. The van der Waals surface area contributed by atoms with Crippen LogP contribution in [0.4, 0.5) is 17.6 Å². The van der Waals surface area contributed by atoms with Gasteiger partial charge in [-0.2, -0.15) is 13.2 Å². The highest BCUT2D eigenvalue weighted by molar-refractivity contribution is 8.14. The predicted octanol–water partition coefficient (Wildman–Crippen LogP) is 1.55. The number of aliphatic hydroxyl groups excluding tert-OH is 2. The normalized spacial score (nSPS) is 32.9. The number of thioether (sulfide) groups is 1. The lowest BCUT2D eigenvalue weighted by atomic mass is 9.94. The fourth-order valence-electron chi connectivity index (χ4n) is 2.80. The third-order valence-electron chi connectivity index (χ3n) is 4.17. The quantitative estimate of drug-likeness (QED) is 0.496. The van der Waals surface area contributed by atoms with E-state index in [2.05, 4.69) is 4.99 Å². The molecule has 0 aromatic rings. The number of alkyl halides is 4. The number of aliphatic imine (C=N–C) groups is 1. The van der Waals surface area contributed by atoms with Crippen LogP contribution >= 0.6 is 11.8 Å². The number of unbranched alkanes of at least 4 members (excludes halogenated alkanes) is 2. The molecule has 0 aromatic carbocycles. The average molecular weight is 404 g/mol. The largest absolute Gasteiger partial charge is 0.417 e. The highest BCUT2D eigenvalue weighted by Gasteiger charge is 2.57. The van der Waals surface area contributed by atoms with Crippen molar-refractivity contribution in [1.82, 2.24) is 4.90 Å². The molecule has 1 fully saturated rings. The van der Waals surface area contributed by atoms with Crippen LogP contribution in [0.25, 0.3) is 0 Å². The number of fused-ring (bicyclic) bond motifs is 1. The first kappa shape index (κ1) is 21.7. The first-order valence-electron chi connectivity index (χ1n) is 8.34. The van der Waals surface area contributed by atoms with Gasteiger partial charge in [-0.1, -0.05) is 11.8 Å². The van der Waals surface area contributed by atoms with Gasteiger partial charge in [-0.05, 0) is 19.3 Å². The van der Waals surface area contributed by atoms with Gasteiger partial charge in [0, 0.05) is 20.7 Å². The van der Waals surface area contributed by atoms with Crippen LogP contribution in [0.2, 0.25) is 0 Å². The molecule has 6 atom stereocenters. The summed E-state index contributed by atoms with van der Waals surface area (Å²) in [6, 6.07) is -0.845. The Bertz CT molecular complexity index is 495. The Morgan fingerprint density at radius 1 is 1.23 bits per heavy atom. The van der Waals surface area contributed by atoms with Crippen molar-refractivity contribution in [3.8, 4) is 0 Å². The minimum absolute atomic E-state index is 0.243. The molecule has 1 saturated heterocycles. The van der Waals surface area contributed by atoms with E-state index in [1.165, 1.54) is 0 Å². The first-order chi connectivity index (χ1) is 12.2. The molecule has 0 spiro atoms. The second kappa shape index (κ2) is 9.05. The van der Waals surface area contributed by atoms with Crippen LogP contribution in [-0.4, -0.2) is 89.7 Å². The minimum atomic E-state index is -4.78. The molecule has 0 unspecified atom stereocenters. The summed E-state index contributed by atoms with van der Waals surface area (Å²) in [6.45, 7) is -0.776. The summed E-state index contributed by atoms with van der Waals surface area (Å²) < 4.78 is 62.7. The van der Waals surface area contributed by atoms with E-state index in [1.54, 1.807) is 19.0 Å². The Morgan fingerprint density at radius 2 is 1.92 bits per heavy atom. The smallest absolute Gasteiger partial charge is 0.388 e. The Morgan fingerprint density at radius 3 is 2.50 bits per heavy atom. The van der Waals surface area contributed by atoms with Gasteiger partial charge < -0.3 is 24.6 Å².